The van der Waals surface area contributed by atoms with E-state index in [9.17, 15) is 0 Å². The van der Waals surface area contributed by atoms with Gasteiger partial charge in [0.05, 0.1) is 23.4 Å². The lowest BCUT2D eigenvalue weighted by atomic mass is 10.3. The number of rotatable bonds is 9. The van der Waals surface area contributed by atoms with Gasteiger partial charge in [-0.25, -0.2) is 4.98 Å². The van der Waals surface area contributed by atoms with Crippen LogP contribution >= 0.6 is 11.3 Å². The van der Waals surface area contributed by atoms with E-state index in [4.69, 9.17) is 4.74 Å². The maximum atomic E-state index is 5.29. The Balaban J connectivity index is 1.73. The molecule has 6 nitrogen and oxygen atoms in total. The molecule has 7 heteroatoms. The molecular formula is C16H25N5OS. The van der Waals surface area contributed by atoms with Gasteiger partial charge in [0.25, 0.3) is 0 Å². The molecule has 0 aliphatic heterocycles. The van der Waals surface area contributed by atoms with E-state index >= 15 is 0 Å². The van der Waals surface area contributed by atoms with Crippen LogP contribution in [0.3, 0.4) is 0 Å². The number of aromatic nitrogens is 1. The number of ether oxygens (including phenoxy) is 1. The molecule has 0 bridgehead atoms. The van der Waals surface area contributed by atoms with Gasteiger partial charge in [0, 0.05) is 26.2 Å². The molecule has 1 aromatic carbocycles. The summed E-state index contributed by atoms with van der Waals surface area (Å²) in [5.74, 6) is 0.818. The minimum atomic E-state index is 0.650. The molecule has 1 aromatic heterocycles. The van der Waals surface area contributed by atoms with Crippen LogP contribution in [-0.4, -0.2) is 50.3 Å². The lowest BCUT2D eigenvalue weighted by Gasteiger charge is -2.11. The van der Waals surface area contributed by atoms with Crippen molar-refractivity contribution in [3.8, 4) is 0 Å². The van der Waals surface area contributed by atoms with E-state index in [2.05, 4.69) is 38.9 Å². The first-order valence-electron chi connectivity index (χ1n) is 8.02. The van der Waals surface area contributed by atoms with Gasteiger partial charge in [-0.1, -0.05) is 23.5 Å². The van der Waals surface area contributed by atoms with Gasteiger partial charge >= 0.3 is 0 Å². The number of nitrogens with zero attached hydrogens (tertiary/aromatic N) is 2. The molecule has 0 unspecified atom stereocenters. The van der Waals surface area contributed by atoms with E-state index in [1.54, 1.807) is 11.3 Å². The Kier molecular flexibility index (Phi) is 7.62. The third kappa shape index (κ3) is 6.03. The van der Waals surface area contributed by atoms with Crippen molar-refractivity contribution in [1.82, 2.24) is 15.6 Å². The standard InChI is InChI=1S/C16H25N5OS/c1-3-17-15(19-11-12-22-4-2)18-9-10-20-16-21-13-7-5-6-8-14(13)23-16/h5-8H,3-4,9-12H2,1-2H3,(H,20,21)(H2,17,18,19). The zero-order valence-electron chi connectivity index (χ0n) is 13.8. The number of para-hydroxylation sites is 1. The Labute approximate surface area is 141 Å². The zero-order valence-corrected chi connectivity index (χ0v) is 14.6. The topological polar surface area (TPSA) is 70.6 Å². The summed E-state index contributed by atoms with van der Waals surface area (Å²) in [6, 6.07) is 8.16. The SMILES string of the molecule is CCNC(=NCCOCC)NCCNc1nc2ccccc2s1. The van der Waals surface area contributed by atoms with Crippen molar-refractivity contribution in [3.05, 3.63) is 24.3 Å². The zero-order chi connectivity index (χ0) is 16.3. The maximum absolute atomic E-state index is 5.29. The number of hydrogen-bond donors (Lipinski definition) is 3. The fourth-order valence-corrected chi connectivity index (χ4v) is 2.90. The van der Waals surface area contributed by atoms with Gasteiger partial charge in [-0.15, -0.1) is 0 Å². The highest BCUT2D eigenvalue weighted by atomic mass is 32.1. The third-order valence-electron chi connectivity index (χ3n) is 3.04. The predicted octanol–water partition coefficient (Wildman–Crippen LogP) is 2.30. The highest BCUT2D eigenvalue weighted by Gasteiger charge is 2.02. The summed E-state index contributed by atoms with van der Waals surface area (Å²) in [7, 11) is 0. The Morgan fingerprint density at radius 2 is 2.09 bits per heavy atom. The molecule has 0 spiro atoms. The van der Waals surface area contributed by atoms with Crippen LogP contribution in [0.2, 0.25) is 0 Å². The van der Waals surface area contributed by atoms with E-state index in [1.807, 2.05) is 25.1 Å². The first-order chi connectivity index (χ1) is 11.3. The number of benzene rings is 1. The minimum Gasteiger partial charge on any atom is -0.380 e. The van der Waals surface area contributed by atoms with Crippen LogP contribution in [0.15, 0.2) is 29.3 Å². The first kappa shape index (κ1) is 17.5. The Morgan fingerprint density at radius 1 is 1.22 bits per heavy atom. The summed E-state index contributed by atoms with van der Waals surface area (Å²) in [5, 5.41) is 10.8. The van der Waals surface area contributed by atoms with E-state index in [0.717, 1.165) is 42.8 Å². The van der Waals surface area contributed by atoms with Gasteiger partial charge in [0.15, 0.2) is 11.1 Å². The second-order valence-electron chi connectivity index (χ2n) is 4.80. The quantitative estimate of drug-likeness (QED) is 0.373. The Morgan fingerprint density at radius 3 is 2.87 bits per heavy atom. The number of thiazole rings is 1. The van der Waals surface area contributed by atoms with E-state index in [-0.39, 0.29) is 0 Å². The molecule has 0 radical (unpaired) electrons. The van der Waals surface area contributed by atoms with Crippen LogP contribution in [0.4, 0.5) is 5.13 Å². The van der Waals surface area contributed by atoms with Crippen molar-refractivity contribution >= 4 is 32.6 Å². The first-order valence-corrected chi connectivity index (χ1v) is 8.84. The van der Waals surface area contributed by atoms with Gasteiger partial charge in [0.1, 0.15) is 0 Å². The fraction of sp³-hybridized carbons (Fsp3) is 0.500. The lowest BCUT2D eigenvalue weighted by molar-refractivity contribution is 0.155. The van der Waals surface area contributed by atoms with Gasteiger partial charge < -0.3 is 20.7 Å². The monoisotopic (exact) mass is 335 g/mol. The second-order valence-corrected chi connectivity index (χ2v) is 5.83. The molecule has 0 aliphatic carbocycles. The average Bonchev–Trinajstić information content (AvgIpc) is 2.98. The van der Waals surface area contributed by atoms with E-state index < -0.39 is 0 Å². The largest absolute Gasteiger partial charge is 0.380 e. The Hall–Kier alpha value is -1.86. The molecule has 0 amide bonds. The minimum absolute atomic E-state index is 0.650. The molecule has 0 saturated carbocycles. The summed E-state index contributed by atoms with van der Waals surface area (Å²) in [4.78, 5) is 9.01. The molecule has 23 heavy (non-hydrogen) atoms. The second kappa shape index (κ2) is 10.0. The van der Waals surface area contributed by atoms with Crippen LogP contribution < -0.4 is 16.0 Å². The number of aliphatic imine (C=N–C) groups is 1. The smallest absolute Gasteiger partial charge is 0.191 e. The van der Waals surface area contributed by atoms with Crippen LogP contribution in [-0.2, 0) is 4.74 Å². The molecule has 1 heterocycles. The van der Waals surface area contributed by atoms with E-state index in [1.165, 1.54) is 4.70 Å². The van der Waals surface area contributed by atoms with Crippen molar-refractivity contribution in [2.75, 3.05) is 44.7 Å². The summed E-state index contributed by atoms with van der Waals surface area (Å²) in [5.41, 5.74) is 1.04. The molecule has 2 rings (SSSR count). The summed E-state index contributed by atoms with van der Waals surface area (Å²) in [6.45, 7) is 8.48. The number of anilines is 1. The third-order valence-corrected chi connectivity index (χ3v) is 4.04. The van der Waals surface area contributed by atoms with Gasteiger partial charge in [0.2, 0.25) is 0 Å². The lowest BCUT2D eigenvalue weighted by Crippen LogP contribution is -2.39. The molecule has 0 saturated heterocycles. The van der Waals surface area contributed by atoms with Gasteiger partial charge in [-0.05, 0) is 26.0 Å². The van der Waals surface area contributed by atoms with Crippen LogP contribution in [0.25, 0.3) is 10.2 Å². The van der Waals surface area contributed by atoms with Crippen molar-refractivity contribution < 1.29 is 4.74 Å². The Bertz CT molecular complexity index is 580. The van der Waals surface area contributed by atoms with Crippen LogP contribution in [0.1, 0.15) is 13.8 Å². The van der Waals surface area contributed by atoms with Crippen LogP contribution in [0.5, 0.6) is 0 Å². The normalized spacial score (nSPS) is 11.7. The molecule has 126 valence electrons. The summed E-state index contributed by atoms with van der Waals surface area (Å²) >= 11 is 1.67. The highest BCUT2D eigenvalue weighted by Crippen LogP contribution is 2.24. The van der Waals surface area contributed by atoms with Crippen molar-refractivity contribution in [1.29, 1.82) is 0 Å². The van der Waals surface area contributed by atoms with Crippen LogP contribution in [0, 0.1) is 0 Å². The molecular weight excluding hydrogens is 310 g/mol. The predicted molar refractivity (Wildman–Crippen MR) is 98.6 cm³/mol. The maximum Gasteiger partial charge on any atom is 0.191 e. The molecule has 3 N–H and O–H groups in total. The molecule has 0 aliphatic rings. The van der Waals surface area contributed by atoms with E-state index in [0.29, 0.717) is 13.2 Å². The number of nitrogens with one attached hydrogen (secondary N) is 3. The van der Waals surface area contributed by atoms with Crippen molar-refractivity contribution in [2.45, 2.75) is 13.8 Å². The van der Waals surface area contributed by atoms with Gasteiger partial charge in [-0.3, -0.25) is 4.99 Å². The molecule has 0 fully saturated rings. The number of hydrogen-bond acceptors (Lipinski definition) is 5. The number of fused-ring (bicyclic) bond motifs is 1. The summed E-state index contributed by atoms with van der Waals surface area (Å²) in [6.07, 6.45) is 0. The number of guanidine groups is 1. The molecule has 2 aromatic rings. The molecule has 0 atom stereocenters. The summed E-state index contributed by atoms with van der Waals surface area (Å²) < 4.78 is 6.50. The fourth-order valence-electron chi connectivity index (χ4n) is 2.01. The van der Waals surface area contributed by atoms with Crippen molar-refractivity contribution in [2.24, 2.45) is 4.99 Å². The van der Waals surface area contributed by atoms with Gasteiger partial charge in [-0.2, -0.15) is 0 Å². The highest BCUT2D eigenvalue weighted by molar-refractivity contribution is 7.22. The average molecular weight is 335 g/mol. The van der Waals surface area contributed by atoms with Crippen molar-refractivity contribution in [3.63, 3.8) is 0 Å².